The molecule has 4 nitrogen and oxygen atoms in total. The Morgan fingerprint density at radius 2 is 1.70 bits per heavy atom. The van der Waals surface area contributed by atoms with E-state index in [2.05, 4.69) is 39.6 Å². The molecule has 1 atom stereocenters. The molecule has 4 saturated carbocycles. The number of ether oxygens (including phenoxy) is 1. The van der Waals surface area contributed by atoms with Gasteiger partial charge in [0.05, 0.1) is 0 Å². The Kier molecular flexibility index (Phi) is 6.54. The molecule has 2 aromatic rings. The van der Waals surface area contributed by atoms with Crippen LogP contribution in [0.5, 0.6) is 5.75 Å². The van der Waals surface area contributed by atoms with Crippen molar-refractivity contribution in [3.63, 3.8) is 0 Å². The van der Waals surface area contributed by atoms with E-state index in [0.29, 0.717) is 11.5 Å². The number of anilines is 1. The van der Waals surface area contributed by atoms with E-state index in [1.54, 1.807) is 0 Å². The van der Waals surface area contributed by atoms with Crippen molar-refractivity contribution >= 4 is 27.5 Å². The first kappa shape index (κ1) is 22.9. The summed E-state index contributed by atoms with van der Waals surface area (Å²) < 4.78 is 6.98. The van der Waals surface area contributed by atoms with Gasteiger partial charge in [-0.3, -0.25) is 4.79 Å². The first-order valence-electron chi connectivity index (χ1n) is 12.4. The maximum absolute atomic E-state index is 12.4. The molecule has 2 N–H and O–H groups in total. The van der Waals surface area contributed by atoms with Crippen molar-refractivity contribution in [1.29, 1.82) is 0 Å². The summed E-state index contributed by atoms with van der Waals surface area (Å²) in [4.78, 5) is 12.4. The van der Waals surface area contributed by atoms with Crippen molar-refractivity contribution in [3.05, 3.63) is 58.1 Å². The fourth-order valence-electron chi connectivity index (χ4n) is 6.99. The summed E-state index contributed by atoms with van der Waals surface area (Å²) in [6.45, 7) is 5.16. The van der Waals surface area contributed by atoms with E-state index in [4.69, 9.17) is 4.74 Å². The number of benzene rings is 2. The molecule has 0 heterocycles. The third-order valence-corrected chi connectivity index (χ3v) is 8.81. The SMILES string of the molecule is Cc1ccc(NC(=O)COc2ccc(Br)cc2CNC(C)C23CC4CC(CC(C4)C2)C3)cc1. The molecular formula is C28H35BrN2O2. The minimum Gasteiger partial charge on any atom is -0.483 e. The standard InChI is InChI=1S/C28H35BrN2O2/c1-18-3-6-25(7-4-18)31-27(32)17-33-26-8-5-24(29)12-23(26)16-30-19(2)28-13-20-9-21(14-28)11-22(10-20)15-28/h3-8,12,19-22,30H,9-11,13-17H2,1-2H3,(H,31,32). The molecule has 6 rings (SSSR count). The summed E-state index contributed by atoms with van der Waals surface area (Å²) in [7, 11) is 0. The molecule has 4 aliphatic rings. The van der Waals surface area contributed by atoms with Crippen LogP contribution in [-0.4, -0.2) is 18.6 Å². The van der Waals surface area contributed by atoms with E-state index < -0.39 is 0 Å². The molecule has 176 valence electrons. The van der Waals surface area contributed by atoms with Crippen molar-refractivity contribution in [3.8, 4) is 5.75 Å². The average Bonchev–Trinajstić information content (AvgIpc) is 2.77. The van der Waals surface area contributed by atoms with Crippen molar-refractivity contribution in [2.45, 2.75) is 65.0 Å². The molecular weight excluding hydrogens is 476 g/mol. The second-order valence-corrected chi connectivity index (χ2v) is 11.8. The van der Waals surface area contributed by atoms with Crippen molar-refractivity contribution < 1.29 is 9.53 Å². The van der Waals surface area contributed by atoms with Gasteiger partial charge in [0, 0.05) is 28.3 Å². The molecule has 0 radical (unpaired) electrons. The minimum absolute atomic E-state index is 0.00690. The number of hydrogen-bond acceptors (Lipinski definition) is 3. The van der Waals surface area contributed by atoms with Crippen LogP contribution < -0.4 is 15.4 Å². The van der Waals surface area contributed by atoms with Crippen LogP contribution in [0.4, 0.5) is 5.69 Å². The molecule has 0 saturated heterocycles. The summed E-state index contributed by atoms with van der Waals surface area (Å²) >= 11 is 3.60. The van der Waals surface area contributed by atoms with Gasteiger partial charge in [-0.15, -0.1) is 0 Å². The fraction of sp³-hybridized carbons (Fsp3) is 0.536. The molecule has 0 spiro atoms. The second kappa shape index (κ2) is 9.42. The molecule has 5 heteroatoms. The highest BCUT2D eigenvalue weighted by molar-refractivity contribution is 9.10. The summed E-state index contributed by atoms with van der Waals surface area (Å²) in [5.41, 5.74) is 3.51. The Morgan fingerprint density at radius 3 is 2.33 bits per heavy atom. The lowest BCUT2D eigenvalue weighted by Crippen LogP contribution is -2.54. The Labute approximate surface area is 206 Å². The first-order valence-corrected chi connectivity index (χ1v) is 13.2. The van der Waals surface area contributed by atoms with Crippen LogP contribution in [0.25, 0.3) is 0 Å². The summed E-state index contributed by atoms with van der Waals surface area (Å²) in [5, 5.41) is 6.76. The van der Waals surface area contributed by atoms with Gasteiger partial charge in [0.1, 0.15) is 5.75 Å². The van der Waals surface area contributed by atoms with Gasteiger partial charge in [-0.25, -0.2) is 0 Å². The highest BCUT2D eigenvalue weighted by Gasteiger charge is 2.52. The highest BCUT2D eigenvalue weighted by atomic mass is 79.9. The van der Waals surface area contributed by atoms with Gasteiger partial charge in [-0.05, 0) is 106 Å². The molecule has 0 aliphatic heterocycles. The normalized spacial score (nSPS) is 28.5. The lowest BCUT2D eigenvalue weighted by Gasteiger charge is -2.59. The topological polar surface area (TPSA) is 50.4 Å². The molecule has 1 unspecified atom stereocenters. The Hall–Kier alpha value is -1.85. The zero-order chi connectivity index (χ0) is 23.0. The zero-order valence-electron chi connectivity index (χ0n) is 19.7. The number of amides is 1. The minimum atomic E-state index is -0.150. The third-order valence-electron chi connectivity index (χ3n) is 8.32. The molecule has 4 bridgehead atoms. The molecule has 4 fully saturated rings. The van der Waals surface area contributed by atoms with Crippen LogP contribution in [-0.2, 0) is 11.3 Å². The Bertz CT molecular complexity index is 968. The van der Waals surface area contributed by atoms with E-state index in [1.807, 2.05) is 43.3 Å². The number of rotatable bonds is 8. The third kappa shape index (κ3) is 5.14. The number of hydrogen-bond donors (Lipinski definition) is 2. The van der Waals surface area contributed by atoms with Crippen molar-refractivity contribution in [2.24, 2.45) is 23.2 Å². The van der Waals surface area contributed by atoms with E-state index >= 15 is 0 Å². The number of carbonyl (C=O) groups excluding carboxylic acids is 1. The molecule has 2 aromatic carbocycles. The van der Waals surface area contributed by atoms with Crippen molar-refractivity contribution in [2.75, 3.05) is 11.9 Å². The lowest BCUT2D eigenvalue weighted by atomic mass is 9.48. The lowest BCUT2D eigenvalue weighted by molar-refractivity contribution is -0.118. The number of aryl methyl sites for hydroxylation is 1. The summed E-state index contributed by atoms with van der Waals surface area (Å²) in [6, 6.07) is 14.3. The molecule has 33 heavy (non-hydrogen) atoms. The molecule has 1 amide bonds. The maximum atomic E-state index is 12.4. The van der Waals surface area contributed by atoms with E-state index in [-0.39, 0.29) is 12.5 Å². The highest BCUT2D eigenvalue weighted by Crippen LogP contribution is 2.61. The van der Waals surface area contributed by atoms with Crippen LogP contribution in [0.1, 0.15) is 56.6 Å². The van der Waals surface area contributed by atoms with Crippen LogP contribution in [0.2, 0.25) is 0 Å². The summed E-state index contributed by atoms with van der Waals surface area (Å²) in [6.07, 6.45) is 8.61. The first-order chi connectivity index (χ1) is 15.9. The van der Waals surface area contributed by atoms with E-state index in [9.17, 15) is 4.79 Å². The second-order valence-electron chi connectivity index (χ2n) is 10.8. The molecule has 0 aromatic heterocycles. The van der Waals surface area contributed by atoms with Gasteiger partial charge < -0.3 is 15.4 Å². The van der Waals surface area contributed by atoms with Gasteiger partial charge in [-0.2, -0.15) is 0 Å². The smallest absolute Gasteiger partial charge is 0.262 e. The zero-order valence-corrected chi connectivity index (χ0v) is 21.3. The predicted octanol–water partition coefficient (Wildman–Crippen LogP) is 6.47. The molecule has 4 aliphatic carbocycles. The number of halogens is 1. The maximum Gasteiger partial charge on any atom is 0.262 e. The van der Waals surface area contributed by atoms with Crippen LogP contribution in [0.15, 0.2) is 46.9 Å². The van der Waals surface area contributed by atoms with Crippen LogP contribution in [0, 0.1) is 30.1 Å². The Morgan fingerprint density at radius 1 is 1.06 bits per heavy atom. The number of carbonyl (C=O) groups is 1. The van der Waals surface area contributed by atoms with Gasteiger partial charge in [0.25, 0.3) is 5.91 Å². The van der Waals surface area contributed by atoms with Crippen molar-refractivity contribution in [1.82, 2.24) is 5.32 Å². The van der Waals surface area contributed by atoms with E-state index in [0.717, 1.165) is 45.8 Å². The summed E-state index contributed by atoms with van der Waals surface area (Å²) in [5.74, 6) is 3.48. The van der Waals surface area contributed by atoms with Gasteiger partial charge >= 0.3 is 0 Å². The van der Waals surface area contributed by atoms with E-state index in [1.165, 1.54) is 44.1 Å². The van der Waals surface area contributed by atoms with Crippen LogP contribution in [0.3, 0.4) is 0 Å². The Balaban J connectivity index is 1.20. The quantitative estimate of drug-likeness (QED) is 0.427. The van der Waals surface area contributed by atoms with Crippen LogP contribution >= 0.6 is 15.9 Å². The fourth-order valence-corrected chi connectivity index (χ4v) is 7.40. The van der Waals surface area contributed by atoms with Gasteiger partial charge in [0.2, 0.25) is 0 Å². The largest absolute Gasteiger partial charge is 0.483 e. The predicted molar refractivity (Wildman–Crippen MR) is 136 cm³/mol. The van der Waals surface area contributed by atoms with Gasteiger partial charge in [0.15, 0.2) is 6.61 Å². The number of nitrogens with one attached hydrogen (secondary N) is 2. The monoisotopic (exact) mass is 510 g/mol. The average molecular weight is 512 g/mol. The van der Waals surface area contributed by atoms with Gasteiger partial charge in [-0.1, -0.05) is 33.6 Å².